The predicted octanol–water partition coefficient (Wildman–Crippen LogP) is 2.78. The number of hydrogen-bond acceptors (Lipinski definition) is 2. The Labute approximate surface area is 96.2 Å². The van der Waals surface area contributed by atoms with E-state index < -0.39 is 0 Å². The first-order valence-electron chi connectivity index (χ1n) is 5.95. The lowest BCUT2D eigenvalue weighted by atomic mass is 10.0. The molecule has 0 bridgehead atoms. The van der Waals surface area contributed by atoms with Gasteiger partial charge in [0.25, 0.3) is 0 Å². The molecule has 2 N–H and O–H groups in total. The molecular formula is C13H19FN2. The van der Waals surface area contributed by atoms with Gasteiger partial charge in [-0.15, -0.1) is 0 Å². The molecule has 1 unspecified atom stereocenters. The Morgan fingerprint density at radius 1 is 1.44 bits per heavy atom. The Bertz CT molecular complexity index is 365. The molecule has 1 aliphatic rings. The van der Waals surface area contributed by atoms with Gasteiger partial charge in [0.15, 0.2) is 0 Å². The number of nitrogens with zero attached hydrogens (tertiary/aromatic N) is 1. The fourth-order valence-corrected chi connectivity index (χ4v) is 2.32. The molecule has 0 spiro atoms. The van der Waals surface area contributed by atoms with E-state index in [0.717, 1.165) is 18.7 Å². The highest BCUT2D eigenvalue weighted by molar-refractivity contribution is 5.46. The summed E-state index contributed by atoms with van der Waals surface area (Å²) in [5.74, 6) is -0.200. The van der Waals surface area contributed by atoms with Crippen molar-refractivity contribution >= 4 is 5.69 Å². The van der Waals surface area contributed by atoms with Gasteiger partial charge in [-0.25, -0.2) is 4.39 Å². The summed E-state index contributed by atoms with van der Waals surface area (Å²) in [5, 5.41) is 0. The van der Waals surface area contributed by atoms with Crippen molar-refractivity contribution in [1.29, 1.82) is 0 Å². The molecule has 0 aliphatic carbocycles. The smallest absolute Gasteiger partial charge is 0.123 e. The third-order valence-corrected chi connectivity index (χ3v) is 3.42. The van der Waals surface area contributed by atoms with E-state index in [-0.39, 0.29) is 5.82 Å². The van der Waals surface area contributed by atoms with E-state index in [9.17, 15) is 4.39 Å². The van der Waals surface area contributed by atoms with Crippen LogP contribution in [0.5, 0.6) is 0 Å². The van der Waals surface area contributed by atoms with Crippen LogP contribution < -0.4 is 5.73 Å². The van der Waals surface area contributed by atoms with Gasteiger partial charge in [0, 0.05) is 18.3 Å². The van der Waals surface area contributed by atoms with Gasteiger partial charge in [-0.3, -0.25) is 4.90 Å². The molecule has 0 amide bonds. The van der Waals surface area contributed by atoms with Crippen molar-refractivity contribution in [2.24, 2.45) is 0 Å². The summed E-state index contributed by atoms with van der Waals surface area (Å²) >= 11 is 0. The van der Waals surface area contributed by atoms with E-state index in [1.807, 2.05) is 0 Å². The number of anilines is 1. The summed E-state index contributed by atoms with van der Waals surface area (Å²) in [6.45, 7) is 4.09. The number of nitrogens with two attached hydrogens (primary N) is 1. The molecule has 0 radical (unpaired) electrons. The second-order valence-corrected chi connectivity index (χ2v) is 4.66. The highest BCUT2D eigenvalue weighted by Gasteiger charge is 2.18. The van der Waals surface area contributed by atoms with Crippen LogP contribution >= 0.6 is 0 Å². The zero-order valence-corrected chi connectivity index (χ0v) is 9.75. The SMILES string of the molecule is CC1CCCCN1Cc1cc(F)ccc1N. The molecule has 88 valence electrons. The third kappa shape index (κ3) is 2.53. The van der Waals surface area contributed by atoms with Crippen molar-refractivity contribution in [3.8, 4) is 0 Å². The van der Waals surface area contributed by atoms with Crippen LogP contribution in [0.1, 0.15) is 31.7 Å². The maximum absolute atomic E-state index is 13.1. The largest absolute Gasteiger partial charge is 0.398 e. The Balaban J connectivity index is 2.10. The fourth-order valence-electron chi connectivity index (χ4n) is 2.32. The highest BCUT2D eigenvalue weighted by Crippen LogP contribution is 2.22. The van der Waals surface area contributed by atoms with Crippen LogP contribution in [0, 0.1) is 5.82 Å². The van der Waals surface area contributed by atoms with E-state index in [1.165, 1.54) is 25.3 Å². The number of benzene rings is 1. The molecule has 0 aromatic heterocycles. The number of nitrogen functional groups attached to an aromatic ring is 1. The minimum Gasteiger partial charge on any atom is -0.398 e. The van der Waals surface area contributed by atoms with Crippen molar-refractivity contribution < 1.29 is 4.39 Å². The Morgan fingerprint density at radius 3 is 3.00 bits per heavy atom. The van der Waals surface area contributed by atoms with Crippen LogP contribution in [0.15, 0.2) is 18.2 Å². The molecule has 1 fully saturated rings. The van der Waals surface area contributed by atoms with Crippen molar-refractivity contribution in [2.45, 2.75) is 38.8 Å². The zero-order valence-electron chi connectivity index (χ0n) is 9.75. The van der Waals surface area contributed by atoms with Crippen LogP contribution in [0.2, 0.25) is 0 Å². The molecule has 1 aliphatic heterocycles. The fraction of sp³-hybridized carbons (Fsp3) is 0.538. The summed E-state index contributed by atoms with van der Waals surface area (Å²) in [6.07, 6.45) is 3.77. The van der Waals surface area contributed by atoms with Gasteiger partial charge in [0.2, 0.25) is 0 Å². The van der Waals surface area contributed by atoms with Gasteiger partial charge < -0.3 is 5.73 Å². The van der Waals surface area contributed by atoms with Crippen LogP contribution in [0.3, 0.4) is 0 Å². The third-order valence-electron chi connectivity index (χ3n) is 3.42. The first kappa shape index (κ1) is 11.4. The molecule has 1 aromatic carbocycles. The molecule has 0 saturated carbocycles. The monoisotopic (exact) mass is 222 g/mol. The lowest BCUT2D eigenvalue weighted by Gasteiger charge is -2.33. The summed E-state index contributed by atoms with van der Waals surface area (Å²) in [5.41, 5.74) is 7.46. The van der Waals surface area contributed by atoms with Gasteiger partial charge in [-0.05, 0) is 50.1 Å². The van der Waals surface area contributed by atoms with Crippen molar-refractivity contribution in [2.75, 3.05) is 12.3 Å². The molecule has 2 nitrogen and oxygen atoms in total. The average Bonchev–Trinajstić information content (AvgIpc) is 2.27. The topological polar surface area (TPSA) is 29.3 Å². The number of hydrogen-bond donors (Lipinski definition) is 1. The maximum Gasteiger partial charge on any atom is 0.123 e. The van der Waals surface area contributed by atoms with Gasteiger partial charge >= 0.3 is 0 Å². The van der Waals surface area contributed by atoms with E-state index in [1.54, 1.807) is 12.1 Å². The minimum atomic E-state index is -0.200. The summed E-state index contributed by atoms with van der Waals surface area (Å²) < 4.78 is 13.1. The molecule has 1 atom stereocenters. The number of rotatable bonds is 2. The second-order valence-electron chi connectivity index (χ2n) is 4.66. The average molecular weight is 222 g/mol. The molecule has 1 aromatic rings. The van der Waals surface area contributed by atoms with Crippen molar-refractivity contribution in [3.63, 3.8) is 0 Å². The summed E-state index contributed by atoms with van der Waals surface area (Å²) in [4.78, 5) is 2.38. The first-order valence-corrected chi connectivity index (χ1v) is 5.95. The summed E-state index contributed by atoms with van der Waals surface area (Å²) in [6, 6.07) is 5.20. The Kier molecular flexibility index (Phi) is 3.44. The number of piperidine rings is 1. The number of halogens is 1. The summed E-state index contributed by atoms with van der Waals surface area (Å²) in [7, 11) is 0. The Morgan fingerprint density at radius 2 is 2.25 bits per heavy atom. The van der Waals surface area contributed by atoms with Crippen molar-refractivity contribution in [3.05, 3.63) is 29.6 Å². The molecule has 1 saturated heterocycles. The quantitative estimate of drug-likeness (QED) is 0.780. The molecule has 2 rings (SSSR count). The molecule has 16 heavy (non-hydrogen) atoms. The number of likely N-dealkylation sites (tertiary alicyclic amines) is 1. The minimum absolute atomic E-state index is 0.200. The van der Waals surface area contributed by atoms with Gasteiger partial charge in [-0.2, -0.15) is 0 Å². The van der Waals surface area contributed by atoms with Gasteiger partial charge in [0.05, 0.1) is 0 Å². The predicted molar refractivity (Wildman–Crippen MR) is 64.5 cm³/mol. The van der Waals surface area contributed by atoms with Crippen LogP contribution in [-0.4, -0.2) is 17.5 Å². The van der Waals surface area contributed by atoms with E-state index in [4.69, 9.17) is 5.73 Å². The standard InChI is InChI=1S/C13H19FN2/c1-10-4-2-3-7-16(10)9-11-8-12(14)5-6-13(11)15/h5-6,8,10H,2-4,7,9,15H2,1H3. The molecule has 3 heteroatoms. The first-order chi connectivity index (χ1) is 7.66. The maximum atomic E-state index is 13.1. The van der Waals surface area contributed by atoms with E-state index in [2.05, 4.69) is 11.8 Å². The van der Waals surface area contributed by atoms with E-state index in [0.29, 0.717) is 11.7 Å². The molecular weight excluding hydrogens is 203 g/mol. The Hall–Kier alpha value is -1.09. The highest BCUT2D eigenvalue weighted by atomic mass is 19.1. The van der Waals surface area contributed by atoms with Gasteiger partial charge in [-0.1, -0.05) is 6.42 Å². The van der Waals surface area contributed by atoms with Crippen molar-refractivity contribution in [1.82, 2.24) is 4.90 Å². The van der Waals surface area contributed by atoms with Crippen LogP contribution in [0.4, 0.5) is 10.1 Å². The lowest BCUT2D eigenvalue weighted by Crippen LogP contribution is -2.36. The van der Waals surface area contributed by atoms with Crippen LogP contribution in [-0.2, 0) is 6.54 Å². The van der Waals surface area contributed by atoms with Gasteiger partial charge in [0.1, 0.15) is 5.82 Å². The van der Waals surface area contributed by atoms with Crippen LogP contribution in [0.25, 0.3) is 0 Å². The van der Waals surface area contributed by atoms with E-state index >= 15 is 0 Å². The normalized spacial score (nSPS) is 22.2. The lowest BCUT2D eigenvalue weighted by molar-refractivity contribution is 0.153. The zero-order chi connectivity index (χ0) is 11.5. The second kappa shape index (κ2) is 4.83. The molecule has 1 heterocycles.